The molecule has 47 heavy (non-hydrogen) atoms. The molecule has 6 nitrogen and oxygen atoms in total. The summed E-state index contributed by atoms with van der Waals surface area (Å²) in [6.07, 6.45) is 41.2. The predicted octanol–water partition coefficient (Wildman–Crippen LogP) is 11.4. The second kappa shape index (κ2) is 36.0. The molecule has 0 aromatic carbocycles. The third kappa shape index (κ3) is 34.3. The van der Waals surface area contributed by atoms with Gasteiger partial charge in [-0.25, -0.2) is 0 Å². The molecule has 0 saturated carbocycles. The molecule has 0 radical (unpaired) electrons. The number of hydrogen-bond donors (Lipinski definition) is 0. The standard InChI is InChI=1S/C41H68O6/c1-4-7-10-13-14-15-16-17-18-19-20-21-22-23-24-25-26-29-31-34-40(43)46-37-38(47-41(44)35-32-28-12-9-6-3)36-45-39(42)33-30-27-11-8-5-2/h7,10,14-15,17-18,20-21,23-24,38H,4-6,8-9,11-13,16,19,22,25-37H2,1-3H3/b10-7-,15-14-,18-17-,21-20-,24-23-. The van der Waals surface area contributed by atoms with Crippen LogP contribution in [0.25, 0.3) is 0 Å². The van der Waals surface area contributed by atoms with Crippen LogP contribution in [0.1, 0.15) is 162 Å². The smallest absolute Gasteiger partial charge is 0.306 e. The first-order valence-electron chi connectivity index (χ1n) is 18.8. The van der Waals surface area contributed by atoms with Crippen molar-refractivity contribution in [2.24, 2.45) is 0 Å². The van der Waals surface area contributed by atoms with E-state index in [9.17, 15) is 14.4 Å². The molecule has 0 amide bonds. The minimum absolute atomic E-state index is 0.0874. The number of ether oxygens (including phenoxy) is 3. The van der Waals surface area contributed by atoms with Crippen LogP contribution in [0.15, 0.2) is 60.8 Å². The zero-order valence-corrected chi connectivity index (χ0v) is 30.3. The molecule has 0 rings (SSSR count). The van der Waals surface area contributed by atoms with Crippen molar-refractivity contribution >= 4 is 17.9 Å². The van der Waals surface area contributed by atoms with Gasteiger partial charge in [-0.1, -0.05) is 139 Å². The molecular weight excluding hydrogens is 588 g/mol. The van der Waals surface area contributed by atoms with Gasteiger partial charge in [-0.05, 0) is 64.2 Å². The lowest BCUT2D eigenvalue weighted by Gasteiger charge is -2.18. The highest BCUT2D eigenvalue weighted by molar-refractivity contribution is 5.71. The van der Waals surface area contributed by atoms with E-state index >= 15 is 0 Å². The van der Waals surface area contributed by atoms with Crippen LogP contribution in [0.3, 0.4) is 0 Å². The predicted molar refractivity (Wildman–Crippen MR) is 196 cm³/mol. The third-order valence-electron chi connectivity index (χ3n) is 7.54. The van der Waals surface area contributed by atoms with E-state index in [4.69, 9.17) is 14.2 Å². The molecule has 0 aliphatic carbocycles. The van der Waals surface area contributed by atoms with Crippen molar-refractivity contribution in [2.45, 2.75) is 168 Å². The maximum Gasteiger partial charge on any atom is 0.306 e. The fourth-order valence-corrected chi connectivity index (χ4v) is 4.70. The monoisotopic (exact) mass is 657 g/mol. The van der Waals surface area contributed by atoms with E-state index in [0.29, 0.717) is 19.3 Å². The van der Waals surface area contributed by atoms with Gasteiger partial charge in [0.1, 0.15) is 13.2 Å². The Morgan fingerprint density at radius 2 is 0.830 bits per heavy atom. The molecule has 268 valence electrons. The highest BCUT2D eigenvalue weighted by atomic mass is 16.6. The van der Waals surface area contributed by atoms with Gasteiger partial charge in [-0.15, -0.1) is 0 Å². The Hall–Kier alpha value is -2.89. The number of hydrogen-bond acceptors (Lipinski definition) is 6. The van der Waals surface area contributed by atoms with Crippen molar-refractivity contribution in [2.75, 3.05) is 13.2 Å². The molecule has 0 fully saturated rings. The largest absolute Gasteiger partial charge is 0.462 e. The van der Waals surface area contributed by atoms with Crippen molar-refractivity contribution in [1.29, 1.82) is 0 Å². The number of esters is 3. The Balaban J connectivity index is 4.20. The summed E-state index contributed by atoms with van der Waals surface area (Å²) in [5.74, 6) is -0.961. The van der Waals surface area contributed by atoms with Gasteiger partial charge in [0.05, 0.1) is 0 Å². The summed E-state index contributed by atoms with van der Waals surface area (Å²) in [5.41, 5.74) is 0. The molecule has 0 aromatic heterocycles. The SMILES string of the molecule is CC/C=C\C/C=C\C/C=C\C/C=C\C/C=C\CCCCCC(=O)OCC(COC(=O)CCCCCCC)OC(=O)CCCCCCC. The van der Waals surface area contributed by atoms with Crippen LogP contribution in [0.4, 0.5) is 0 Å². The lowest BCUT2D eigenvalue weighted by molar-refractivity contribution is -0.167. The van der Waals surface area contributed by atoms with Gasteiger partial charge in [0, 0.05) is 19.3 Å². The van der Waals surface area contributed by atoms with E-state index < -0.39 is 6.10 Å². The lowest BCUT2D eigenvalue weighted by Crippen LogP contribution is -2.30. The van der Waals surface area contributed by atoms with Crippen LogP contribution in [0, 0.1) is 0 Å². The number of allylic oxidation sites excluding steroid dienone is 10. The van der Waals surface area contributed by atoms with Crippen molar-refractivity contribution in [3.63, 3.8) is 0 Å². The average molecular weight is 657 g/mol. The van der Waals surface area contributed by atoms with Crippen molar-refractivity contribution in [3.8, 4) is 0 Å². The first-order chi connectivity index (χ1) is 23.0. The van der Waals surface area contributed by atoms with E-state index in [0.717, 1.165) is 116 Å². The Kier molecular flexibility index (Phi) is 33.7. The van der Waals surface area contributed by atoms with Gasteiger partial charge in [-0.2, -0.15) is 0 Å². The average Bonchev–Trinajstić information content (AvgIpc) is 3.06. The van der Waals surface area contributed by atoms with E-state index in [2.05, 4.69) is 81.5 Å². The first kappa shape index (κ1) is 44.1. The van der Waals surface area contributed by atoms with E-state index in [1.807, 2.05) is 0 Å². The molecule has 0 N–H and O–H groups in total. The van der Waals surface area contributed by atoms with Crippen LogP contribution >= 0.6 is 0 Å². The fraction of sp³-hybridized carbons (Fsp3) is 0.683. The fourth-order valence-electron chi connectivity index (χ4n) is 4.70. The van der Waals surface area contributed by atoms with Crippen LogP contribution in [0.2, 0.25) is 0 Å². The van der Waals surface area contributed by atoms with Gasteiger partial charge in [0.15, 0.2) is 6.10 Å². The van der Waals surface area contributed by atoms with Crippen LogP contribution in [0.5, 0.6) is 0 Å². The third-order valence-corrected chi connectivity index (χ3v) is 7.54. The molecular formula is C41H68O6. The molecule has 0 heterocycles. The highest BCUT2D eigenvalue weighted by Gasteiger charge is 2.19. The maximum atomic E-state index is 12.4. The van der Waals surface area contributed by atoms with Crippen molar-refractivity contribution < 1.29 is 28.6 Å². The van der Waals surface area contributed by atoms with Gasteiger partial charge < -0.3 is 14.2 Å². The zero-order valence-electron chi connectivity index (χ0n) is 30.3. The van der Waals surface area contributed by atoms with Crippen LogP contribution < -0.4 is 0 Å². The second-order valence-corrected chi connectivity index (χ2v) is 12.1. The lowest BCUT2D eigenvalue weighted by atomic mass is 10.1. The van der Waals surface area contributed by atoms with Crippen molar-refractivity contribution in [3.05, 3.63) is 60.8 Å². The summed E-state index contributed by atoms with van der Waals surface area (Å²) in [5, 5.41) is 0. The Morgan fingerprint density at radius 3 is 1.28 bits per heavy atom. The van der Waals surface area contributed by atoms with Crippen LogP contribution in [-0.2, 0) is 28.6 Å². The molecule has 6 heteroatoms. The molecule has 0 aliphatic rings. The van der Waals surface area contributed by atoms with Crippen molar-refractivity contribution in [1.82, 2.24) is 0 Å². The Morgan fingerprint density at radius 1 is 0.447 bits per heavy atom. The molecule has 0 saturated heterocycles. The normalized spacial score (nSPS) is 12.7. The minimum Gasteiger partial charge on any atom is -0.462 e. The Bertz CT molecular complexity index is 898. The minimum atomic E-state index is -0.776. The molecule has 0 aliphatic heterocycles. The number of rotatable bonds is 32. The van der Waals surface area contributed by atoms with E-state index in [1.165, 1.54) is 6.42 Å². The quantitative estimate of drug-likeness (QED) is 0.0310. The molecule has 0 spiro atoms. The highest BCUT2D eigenvalue weighted by Crippen LogP contribution is 2.10. The number of carbonyl (C=O) groups is 3. The topological polar surface area (TPSA) is 78.9 Å². The number of carbonyl (C=O) groups excluding carboxylic acids is 3. The van der Waals surface area contributed by atoms with E-state index in [-0.39, 0.29) is 31.1 Å². The van der Waals surface area contributed by atoms with Crippen LogP contribution in [-0.4, -0.2) is 37.2 Å². The summed E-state index contributed by atoms with van der Waals surface area (Å²) in [6.45, 7) is 6.28. The molecule has 0 aromatic rings. The summed E-state index contributed by atoms with van der Waals surface area (Å²) in [7, 11) is 0. The summed E-state index contributed by atoms with van der Waals surface area (Å²) < 4.78 is 16.3. The molecule has 1 atom stereocenters. The second-order valence-electron chi connectivity index (χ2n) is 12.1. The van der Waals surface area contributed by atoms with Gasteiger partial charge in [-0.3, -0.25) is 14.4 Å². The Labute approximate surface area is 288 Å². The van der Waals surface area contributed by atoms with Gasteiger partial charge in [0.25, 0.3) is 0 Å². The summed E-state index contributed by atoms with van der Waals surface area (Å²) in [4.78, 5) is 36.9. The summed E-state index contributed by atoms with van der Waals surface area (Å²) in [6, 6.07) is 0. The van der Waals surface area contributed by atoms with E-state index in [1.54, 1.807) is 0 Å². The number of unbranched alkanes of at least 4 members (excludes halogenated alkanes) is 11. The molecule has 0 bridgehead atoms. The zero-order chi connectivity index (χ0) is 34.5. The summed E-state index contributed by atoms with van der Waals surface area (Å²) >= 11 is 0. The van der Waals surface area contributed by atoms with Gasteiger partial charge in [0.2, 0.25) is 0 Å². The maximum absolute atomic E-state index is 12.4. The van der Waals surface area contributed by atoms with Gasteiger partial charge >= 0.3 is 17.9 Å². The first-order valence-corrected chi connectivity index (χ1v) is 18.8. The molecule has 1 unspecified atom stereocenters.